The smallest absolute Gasteiger partial charge is 0.265 e. The van der Waals surface area contributed by atoms with Crippen LogP contribution < -0.4 is 5.19 Å². The molecule has 0 spiro atoms. The summed E-state index contributed by atoms with van der Waals surface area (Å²) in [5.41, 5.74) is 0.807. The Labute approximate surface area is 95.6 Å². The summed E-state index contributed by atoms with van der Waals surface area (Å²) < 4.78 is 27.6. The van der Waals surface area contributed by atoms with Gasteiger partial charge in [0.1, 0.15) is 0 Å². The van der Waals surface area contributed by atoms with Crippen molar-refractivity contribution < 1.29 is 8.22 Å². The quantitative estimate of drug-likeness (QED) is 0.557. The number of hydrogen-bond acceptors (Lipinski definition) is 0. The zero-order valence-electron chi connectivity index (χ0n) is 8.99. The van der Waals surface area contributed by atoms with Gasteiger partial charge in [-0.3, -0.25) is 8.22 Å². The second-order valence-corrected chi connectivity index (χ2v) is 6.75. The van der Waals surface area contributed by atoms with E-state index >= 15 is 0 Å². The lowest BCUT2D eigenvalue weighted by atomic mass is 10.2. The van der Waals surface area contributed by atoms with Gasteiger partial charge in [0.15, 0.2) is 0 Å². The van der Waals surface area contributed by atoms with Crippen LogP contribution in [-0.2, 0) is 0 Å². The number of hydrogen-bond donors (Lipinski definition) is 0. The van der Waals surface area contributed by atoms with Crippen molar-refractivity contribution in [2.75, 3.05) is 0 Å². The average molecular weight is 249 g/mol. The minimum Gasteiger partial charge on any atom is -0.265 e. The predicted octanol–water partition coefficient (Wildman–Crippen LogP) is 4.04. The van der Waals surface area contributed by atoms with Gasteiger partial charge in [0, 0.05) is 16.3 Å². The first-order valence-corrected chi connectivity index (χ1v) is 7.45. The molecule has 0 amide bonds. The van der Waals surface area contributed by atoms with Crippen molar-refractivity contribution in [1.82, 2.24) is 0 Å². The first-order valence-electron chi connectivity index (χ1n) is 5.11. The second-order valence-electron chi connectivity index (χ2n) is 3.83. The lowest BCUT2D eigenvalue weighted by Crippen LogP contribution is -2.38. The molecule has 4 heteroatoms. The highest BCUT2D eigenvalue weighted by atomic mass is 35.5. The fourth-order valence-corrected chi connectivity index (χ4v) is 3.76. The molecule has 1 rings (SSSR count). The van der Waals surface area contributed by atoms with Gasteiger partial charge in [-0.05, 0) is 24.6 Å². The predicted molar refractivity (Wildman–Crippen MR) is 63.5 cm³/mol. The molecule has 0 nitrogen and oxygen atoms in total. The molecule has 0 aliphatic heterocycles. The van der Waals surface area contributed by atoms with Gasteiger partial charge >= 0.3 is 8.74 Å². The summed E-state index contributed by atoms with van der Waals surface area (Å²) in [7, 11) is -4.25. The van der Waals surface area contributed by atoms with Gasteiger partial charge in [-0.15, -0.1) is 0 Å². The molecule has 0 heterocycles. The van der Waals surface area contributed by atoms with Crippen molar-refractivity contribution in [3.8, 4) is 0 Å². The highest BCUT2D eigenvalue weighted by Crippen LogP contribution is 2.20. The first kappa shape index (κ1) is 12.7. The number of unbranched alkanes of at least 4 members (excludes halogenated alkanes) is 1. The summed E-state index contributed by atoms with van der Waals surface area (Å²) in [6, 6.07) is 4.71. The molecule has 0 unspecified atom stereocenters. The van der Waals surface area contributed by atoms with Crippen molar-refractivity contribution in [2.24, 2.45) is 0 Å². The fraction of sp³-hybridized carbons (Fsp3) is 0.455. The number of aryl methyl sites for hydroxylation is 1. The van der Waals surface area contributed by atoms with E-state index in [2.05, 4.69) is 0 Å². The van der Waals surface area contributed by atoms with Crippen LogP contribution >= 0.6 is 11.6 Å². The Hall–Kier alpha value is -0.413. The van der Waals surface area contributed by atoms with Crippen molar-refractivity contribution in [1.29, 1.82) is 0 Å². The highest BCUT2D eigenvalue weighted by molar-refractivity contribution is 6.80. The van der Waals surface area contributed by atoms with Gasteiger partial charge in [0.25, 0.3) is 0 Å². The SMILES string of the molecule is CCCC[Si](F)(F)c1cc(C)cc(Cl)c1. The molecule has 0 aliphatic rings. The van der Waals surface area contributed by atoms with E-state index in [1.54, 1.807) is 19.1 Å². The normalized spacial score (nSPS) is 11.8. The molecule has 0 atom stereocenters. The Kier molecular flexibility index (Phi) is 4.29. The van der Waals surface area contributed by atoms with Crippen LogP contribution in [-0.4, -0.2) is 8.74 Å². The van der Waals surface area contributed by atoms with Gasteiger partial charge in [-0.1, -0.05) is 37.4 Å². The molecule has 1 aromatic rings. The van der Waals surface area contributed by atoms with Gasteiger partial charge in [0.2, 0.25) is 0 Å². The summed E-state index contributed by atoms with van der Waals surface area (Å²) in [6.07, 6.45) is 1.40. The standard InChI is InChI=1S/C11H15ClF2Si/c1-3-4-5-15(13,14)11-7-9(2)6-10(12)8-11/h6-8H,3-5H2,1-2H3. The summed E-state index contributed by atoms with van der Waals surface area (Å²) in [5, 5.41) is 0.578. The second kappa shape index (κ2) is 5.08. The highest BCUT2D eigenvalue weighted by Gasteiger charge is 2.37. The molecule has 0 aliphatic carbocycles. The molecule has 0 radical (unpaired) electrons. The third kappa shape index (κ3) is 3.58. The van der Waals surface area contributed by atoms with Crippen LogP contribution in [0.2, 0.25) is 11.1 Å². The van der Waals surface area contributed by atoms with E-state index in [1.165, 1.54) is 6.07 Å². The van der Waals surface area contributed by atoms with Gasteiger partial charge < -0.3 is 0 Å². The van der Waals surface area contributed by atoms with E-state index in [0.29, 0.717) is 11.4 Å². The molecular weight excluding hydrogens is 234 g/mol. The Morgan fingerprint density at radius 2 is 1.93 bits per heavy atom. The summed E-state index contributed by atoms with van der Waals surface area (Å²) in [4.78, 5) is 0. The summed E-state index contributed by atoms with van der Waals surface area (Å²) in [5.74, 6) is 0. The molecule has 15 heavy (non-hydrogen) atoms. The van der Waals surface area contributed by atoms with Crippen molar-refractivity contribution in [3.05, 3.63) is 28.8 Å². The molecule has 0 N–H and O–H groups in total. The minimum absolute atomic E-state index is 0.0310. The molecule has 84 valence electrons. The maximum atomic E-state index is 13.8. The monoisotopic (exact) mass is 248 g/mol. The molecule has 0 aromatic heterocycles. The van der Waals surface area contributed by atoms with Crippen LogP contribution in [0.15, 0.2) is 18.2 Å². The average Bonchev–Trinajstić information content (AvgIpc) is 2.13. The molecule has 0 bridgehead atoms. The third-order valence-corrected chi connectivity index (χ3v) is 4.64. The summed E-state index contributed by atoms with van der Waals surface area (Å²) in [6.45, 7) is 3.72. The van der Waals surface area contributed by atoms with Crippen LogP contribution in [0.5, 0.6) is 0 Å². The zero-order chi connectivity index (χ0) is 11.5. The number of rotatable bonds is 4. The van der Waals surface area contributed by atoms with E-state index in [4.69, 9.17) is 11.6 Å². The maximum Gasteiger partial charge on any atom is 0.455 e. The molecule has 0 saturated heterocycles. The molecule has 0 fully saturated rings. The first-order chi connectivity index (χ1) is 6.95. The third-order valence-electron chi connectivity index (χ3n) is 2.31. The van der Waals surface area contributed by atoms with E-state index in [0.717, 1.165) is 12.0 Å². The number of benzene rings is 1. The van der Waals surface area contributed by atoms with Gasteiger partial charge in [0.05, 0.1) is 0 Å². The topological polar surface area (TPSA) is 0 Å². The molecule has 0 saturated carbocycles. The van der Waals surface area contributed by atoms with Crippen molar-refractivity contribution in [2.45, 2.75) is 32.7 Å². The van der Waals surface area contributed by atoms with Crippen LogP contribution in [0.3, 0.4) is 0 Å². The molecule has 1 aromatic carbocycles. The van der Waals surface area contributed by atoms with E-state index < -0.39 is 8.74 Å². The van der Waals surface area contributed by atoms with Crippen molar-refractivity contribution in [3.63, 3.8) is 0 Å². The largest absolute Gasteiger partial charge is 0.455 e. The summed E-state index contributed by atoms with van der Waals surface area (Å²) >= 11 is 5.78. The van der Waals surface area contributed by atoms with E-state index in [-0.39, 0.29) is 11.2 Å². The number of halogens is 3. The minimum atomic E-state index is -4.25. The van der Waals surface area contributed by atoms with Crippen LogP contribution in [0.25, 0.3) is 0 Å². The Balaban J connectivity index is 2.93. The molecular formula is C11H15ClF2Si. The van der Waals surface area contributed by atoms with Gasteiger partial charge in [-0.2, -0.15) is 0 Å². The maximum absolute atomic E-state index is 13.8. The van der Waals surface area contributed by atoms with Gasteiger partial charge in [-0.25, -0.2) is 0 Å². The lowest BCUT2D eigenvalue weighted by Gasteiger charge is -2.13. The Morgan fingerprint density at radius 1 is 1.27 bits per heavy atom. The Bertz CT molecular complexity index is 319. The Morgan fingerprint density at radius 3 is 2.47 bits per heavy atom. The lowest BCUT2D eigenvalue weighted by molar-refractivity contribution is 0.608. The van der Waals surface area contributed by atoms with Crippen LogP contribution in [0, 0.1) is 6.92 Å². The fourth-order valence-electron chi connectivity index (χ4n) is 1.49. The van der Waals surface area contributed by atoms with E-state index in [9.17, 15) is 8.22 Å². The van der Waals surface area contributed by atoms with Crippen molar-refractivity contribution >= 4 is 25.5 Å². The van der Waals surface area contributed by atoms with Crippen LogP contribution in [0.1, 0.15) is 25.3 Å². The zero-order valence-corrected chi connectivity index (χ0v) is 10.7. The van der Waals surface area contributed by atoms with Crippen LogP contribution in [0.4, 0.5) is 8.22 Å². The van der Waals surface area contributed by atoms with E-state index in [1.807, 2.05) is 6.92 Å².